The number of rotatable bonds is 5. The molecule has 0 radical (unpaired) electrons. The first-order valence-electron chi connectivity index (χ1n) is 7.83. The van der Waals surface area contributed by atoms with Crippen molar-refractivity contribution in [1.82, 2.24) is 4.98 Å². The maximum Gasteiger partial charge on any atom is 0.316 e. The Morgan fingerprint density at radius 3 is 2.44 bits per heavy atom. The standard InChI is InChI=1S/C18H18N2O4S/c1-12(2)13-7-9-14(10-8-13)19-17(21)11-25(22,23)18-20-15-5-3-4-6-16(15)24-18/h3-10,12H,11H2,1-2H3,(H,19,21). The molecule has 1 aromatic heterocycles. The van der Waals surface area contributed by atoms with Gasteiger partial charge in [-0.1, -0.05) is 38.1 Å². The van der Waals surface area contributed by atoms with Crippen molar-refractivity contribution in [2.45, 2.75) is 25.0 Å². The number of nitrogens with one attached hydrogen (secondary N) is 1. The Hall–Kier alpha value is -2.67. The fraction of sp³-hybridized carbons (Fsp3) is 0.222. The average molecular weight is 358 g/mol. The monoisotopic (exact) mass is 358 g/mol. The van der Waals surface area contributed by atoms with E-state index >= 15 is 0 Å². The summed E-state index contributed by atoms with van der Waals surface area (Å²) in [4.78, 5) is 16.0. The number of aromatic nitrogens is 1. The molecule has 0 fully saturated rings. The van der Waals surface area contributed by atoms with Crippen LogP contribution in [0.1, 0.15) is 25.3 Å². The van der Waals surface area contributed by atoms with Crippen molar-refractivity contribution < 1.29 is 17.6 Å². The van der Waals surface area contributed by atoms with Gasteiger partial charge in [0.15, 0.2) is 5.58 Å². The molecule has 0 saturated heterocycles. The van der Waals surface area contributed by atoms with E-state index in [1.54, 1.807) is 36.4 Å². The largest absolute Gasteiger partial charge is 0.428 e. The first-order valence-corrected chi connectivity index (χ1v) is 9.48. The van der Waals surface area contributed by atoms with Gasteiger partial charge in [0.05, 0.1) is 0 Å². The van der Waals surface area contributed by atoms with Gasteiger partial charge in [-0.05, 0) is 35.7 Å². The number of sulfone groups is 1. The lowest BCUT2D eigenvalue weighted by Crippen LogP contribution is -2.23. The van der Waals surface area contributed by atoms with Crippen LogP contribution in [0.25, 0.3) is 11.1 Å². The third-order valence-electron chi connectivity index (χ3n) is 3.72. The summed E-state index contributed by atoms with van der Waals surface area (Å²) < 4.78 is 29.9. The number of fused-ring (bicyclic) bond motifs is 1. The van der Waals surface area contributed by atoms with Crippen LogP contribution in [0.5, 0.6) is 0 Å². The fourth-order valence-corrected chi connectivity index (χ4v) is 3.36. The molecule has 3 rings (SSSR count). The van der Waals surface area contributed by atoms with Crippen LogP contribution < -0.4 is 5.32 Å². The van der Waals surface area contributed by atoms with Crippen LogP contribution in [0.3, 0.4) is 0 Å². The molecule has 0 aliphatic heterocycles. The first-order chi connectivity index (χ1) is 11.8. The number of anilines is 1. The molecular formula is C18H18N2O4S. The van der Waals surface area contributed by atoms with E-state index in [0.717, 1.165) is 5.56 Å². The van der Waals surface area contributed by atoms with E-state index in [1.807, 2.05) is 12.1 Å². The Labute approximate surface area is 145 Å². The van der Waals surface area contributed by atoms with Crippen LogP contribution in [0.4, 0.5) is 5.69 Å². The molecular weight excluding hydrogens is 340 g/mol. The molecule has 1 amide bonds. The minimum absolute atomic E-state index is 0.366. The quantitative estimate of drug-likeness (QED) is 0.755. The number of hydrogen-bond donors (Lipinski definition) is 1. The molecule has 7 heteroatoms. The topological polar surface area (TPSA) is 89.3 Å². The zero-order chi connectivity index (χ0) is 18.0. The summed E-state index contributed by atoms with van der Waals surface area (Å²) in [5.74, 6) is -0.991. The van der Waals surface area contributed by atoms with E-state index in [4.69, 9.17) is 4.42 Å². The number of hydrogen-bond acceptors (Lipinski definition) is 5. The summed E-state index contributed by atoms with van der Waals surface area (Å²) in [6.07, 6.45) is 0. The number of carbonyl (C=O) groups excluding carboxylic acids is 1. The molecule has 0 aliphatic carbocycles. The van der Waals surface area contributed by atoms with Crippen molar-refractivity contribution >= 4 is 32.5 Å². The van der Waals surface area contributed by atoms with Gasteiger partial charge in [0, 0.05) is 5.69 Å². The van der Waals surface area contributed by atoms with E-state index in [-0.39, 0.29) is 0 Å². The maximum absolute atomic E-state index is 12.3. The van der Waals surface area contributed by atoms with Gasteiger partial charge < -0.3 is 9.73 Å². The third-order valence-corrected chi connectivity index (χ3v) is 5.07. The molecule has 0 aliphatic rings. The Bertz CT molecular complexity index is 972. The summed E-state index contributed by atoms with van der Waals surface area (Å²) in [6, 6.07) is 14.0. The summed E-state index contributed by atoms with van der Waals surface area (Å²) in [5, 5.41) is 2.13. The highest BCUT2D eigenvalue weighted by Gasteiger charge is 2.25. The Morgan fingerprint density at radius 2 is 1.80 bits per heavy atom. The molecule has 2 aromatic carbocycles. The van der Waals surface area contributed by atoms with Gasteiger partial charge in [0.25, 0.3) is 0 Å². The third kappa shape index (κ3) is 3.88. The fourth-order valence-electron chi connectivity index (χ4n) is 2.37. The highest BCUT2D eigenvalue weighted by atomic mass is 32.2. The highest BCUT2D eigenvalue weighted by molar-refractivity contribution is 7.91. The zero-order valence-electron chi connectivity index (χ0n) is 13.9. The SMILES string of the molecule is CC(C)c1ccc(NC(=O)CS(=O)(=O)c2nc3ccccc3o2)cc1. The van der Waals surface area contributed by atoms with Crippen LogP contribution >= 0.6 is 0 Å². The highest BCUT2D eigenvalue weighted by Crippen LogP contribution is 2.20. The van der Waals surface area contributed by atoms with Gasteiger partial charge in [0.1, 0.15) is 11.3 Å². The molecule has 130 valence electrons. The molecule has 0 spiro atoms. The van der Waals surface area contributed by atoms with Crippen molar-refractivity contribution in [2.75, 3.05) is 11.1 Å². The number of benzene rings is 2. The number of amides is 1. The molecule has 6 nitrogen and oxygen atoms in total. The molecule has 3 aromatic rings. The van der Waals surface area contributed by atoms with E-state index in [1.165, 1.54) is 0 Å². The van der Waals surface area contributed by atoms with Crippen LogP contribution in [0.2, 0.25) is 0 Å². The lowest BCUT2D eigenvalue weighted by atomic mass is 10.0. The smallest absolute Gasteiger partial charge is 0.316 e. The minimum atomic E-state index is -3.95. The lowest BCUT2D eigenvalue weighted by molar-refractivity contribution is -0.113. The van der Waals surface area contributed by atoms with Gasteiger partial charge in [-0.3, -0.25) is 4.79 Å². The Kier molecular flexibility index (Phi) is 4.59. The Morgan fingerprint density at radius 1 is 1.12 bits per heavy atom. The second kappa shape index (κ2) is 6.68. The summed E-state index contributed by atoms with van der Waals surface area (Å²) in [5.41, 5.74) is 2.48. The lowest BCUT2D eigenvalue weighted by Gasteiger charge is -2.08. The predicted octanol–water partition coefficient (Wildman–Crippen LogP) is 3.36. The van der Waals surface area contributed by atoms with Crippen molar-refractivity contribution in [1.29, 1.82) is 0 Å². The second-order valence-electron chi connectivity index (χ2n) is 6.03. The Balaban J connectivity index is 1.72. The molecule has 0 bridgehead atoms. The van der Waals surface area contributed by atoms with Crippen LogP contribution in [0, 0.1) is 0 Å². The van der Waals surface area contributed by atoms with Crippen molar-refractivity contribution in [3.63, 3.8) is 0 Å². The van der Waals surface area contributed by atoms with Gasteiger partial charge >= 0.3 is 5.22 Å². The summed E-state index contributed by atoms with van der Waals surface area (Å²) in [7, 11) is -3.95. The molecule has 1 heterocycles. The van der Waals surface area contributed by atoms with Gasteiger partial charge in [-0.15, -0.1) is 0 Å². The van der Waals surface area contributed by atoms with E-state index in [0.29, 0.717) is 22.7 Å². The summed E-state index contributed by atoms with van der Waals surface area (Å²) in [6.45, 7) is 4.14. The van der Waals surface area contributed by atoms with Gasteiger partial charge in [0.2, 0.25) is 15.7 Å². The van der Waals surface area contributed by atoms with E-state index in [2.05, 4.69) is 24.1 Å². The van der Waals surface area contributed by atoms with Gasteiger partial charge in [-0.2, -0.15) is 4.98 Å². The second-order valence-corrected chi connectivity index (χ2v) is 7.90. The number of oxazole rings is 1. The van der Waals surface area contributed by atoms with Crippen molar-refractivity contribution in [3.05, 3.63) is 54.1 Å². The molecule has 25 heavy (non-hydrogen) atoms. The minimum Gasteiger partial charge on any atom is -0.428 e. The van der Waals surface area contributed by atoms with Crippen molar-refractivity contribution in [2.24, 2.45) is 0 Å². The normalized spacial score (nSPS) is 11.8. The molecule has 0 unspecified atom stereocenters. The van der Waals surface area contributed by atoms with E-state index in [9.17, 15) is 13.2 Å². The summed E-state index contributed by atoms with van der Waals surface area (Å²) >= 11 is 0. The van der Waals surface area contributed by atoms with Crippen LogP contribution in [-0.2, 0) is 14.6 Å². The van der Waals surface area contributed by atoms with Gasteiger partial charge in [-0.25, -0.2) is 8.42 Å². The number of para-hydroxylation sites is 2. The number of nitrogens with zero attached hydrogens (tertiary/aromatic N) is 1. The molecule has 1 N–H and O–H groups in total. The van der Waals surface area contributed by atoms with E-state index < -0.39 is 26.7 Å². The first kappa shape index (κ1) is 17.2. The molecule has 0 atom stereocenters. The maximum atomic E-state index is 12.3. The van der Waals surface area contributed by atoms with Crippen LogP contribution in [0.15, 0.2) is 58.2 Å². The zero-order valence-corrected chi connectivity index (χ0v) is 14.7. The number of carbonyl (C=O) groups is 1. The predicted molar refractivity (Wildman–Crippen MR) is 95.2 cm³/mol. The van der Waals surface area contributed by atoms with Crippen LogP contribution in [-0.4, -0.2) is 25.1 Å². The molecule has 0 saturated carbocycles. The average Bonchev–Trinajstić information content (AvgIpc) is 3.00. The van der Waals surface area contributed by atoms with Crippen molar-refractivity contribution in [3.8, 4) is 0 Å².